The van der Waals surface area contributed by atoms with Gasteiger partial charge < -0.3 is 5.11 Å². The molecule has 2 rings (SSSR count). The molecule has 0 radical (unpaired) electrons. The van der Waals surface area contributed by atoms with Gasteiger partial charge in [0.1, 0.15) is 0 Å². The second kappa shape index (κ2) is 2.70. The fraction of sp³-hybridized carbons (Fsp3) is 0. The molecule has 2 aromatic rings. The van der Waals surface area contributed by atoms with Crippen LogP contribution in [0.5, 0.6) is 0 Å². The van der Waals surface area contributed by atoms with Gasteiger partial charge in [-0.15, -0.1) is 10.2 Å². The lowest BCUT2D eigenvalue weighted by atomic mass is 10.4. The van der Waals surface area contributed by atoms with Crippen molar-refractivity contribution in [3.05, 3.63) is 29.2 Å². The van der Waals surface area contributed by atoms with E-state index in [2.05, 4.69) is 10.2 Å². The zero-order chi connectivity index (χ0) is 9.42. The largest absolute Gasteiger partial charge is 0.475 e. The number of carboxylic acids is 1. The predicted molar refractivity (Wildman–Crippen MR) is 45.0 cm³/mol. The SMILES string of the molecule is O=C(O)c1nnc2c(Cl)cccn12. The topological polar surface area (TPSA) is 67.5 Å². The molecule has 0 unspecified atom stereocenters. The van der Waals surface area contributed by atoms with Crippen molar-refractivity contribution < 1.29 is 9.90 Å². The van der Waals surface area contributed by atoms with Gasteiger partial charge in [-0.1, -0.05) is 11.6 Å². The summed E-state index contributed by atoms with van der Waals surface area (Å²) in [5.41, 5.74) is 0.349. The number of fused-ring (bicyclic) bond motifs is 1. The molecule has 0 amide bonds. The Morgan fingerprint density at radius 1 is 1.54 bits per heavy atom. The van der Waals surface area contributed by atoms with Gasteiger partial charge in [0.15, 0.2) is 5.65 Å². The molecule has 0 fully saturated rings. The van der Waals surface area contributed by atoms with Crippen LogP contribution in [0.4, 0.5) is 0 Å². The Kier molecular flexibility index (Phi) is 1.66. The summed E-state index contributed by atoms with van der Waals surface area (Å²) in [6.07, 6.45) is 1.55. The first-order chi connectivity index (χ1) is 6.20. The van der Waals surface area contributed by atoms with Gasteiger partial charge in [-0.3, -0.25) is 4.40 Å². The van der Waals surface area contributed by atoms with E-state index in [1.807, 2.05) is 0 Å². The second-order valence-corrected chi connectivity index (χ2v) is 2.79. The number of hydrogen-bond donors (Lipinski definition) is 1. The summed E-state index contributed by atoms with van der Waals surface area (Å²) < 4.78 is 1.32. The summed E-state index contributed by atoms with van der Waals surface area (Å²) in [5.74, 6) is -1.27. The third-order valence-corrected chi connectivity index (χ3v) is 1.87. The highest BCUT2D eigenvalue weighted by atomic mass is 35.5. The summed E-state index contributed by atoms with van der Waals surface area (Å²) in [5, 5.41) is 16.2. The Hall–Kier alpha value is -1.62. The molecule has 2 heterocycles. The highest BCUT2D eigenvalue weighted by Crippen LogP contribution is 2.14. The minimum Gasteiger partial charge on any atom is -0.475 e. The molecule has 13 heavy (non-hydrogen) atoms. The molecular formula is C7H4ClN3O2. The van der Waals surface area contributed by atoms with Crippen LogP contribution in [0.2, 0.25) is 5.02 Å². The summed E-state index contributed by atoms with van der Waals surface area (Å²) in [6.45, 7) is 0. The van der Waals surface area contributed by atoms with E-state index in [1.54, 1.807) is 18.3 Å². The van der Waals surface area contributed by atoms with E-state index < -0.39 is 5.97 Å². The van der Waals surface area contributed by atoms with Crippen LogP contribution in [-0.4, -0.2) is 25.7 Å². The molecular weight excluding hydrogens is 194 g/mol. The van der Waals surface area contributed by atoms with Crippen LogP contribution < -0.4 is 0 Å². The van der Waals surface area contributed by atoms with Crippen LogP contribution in [0.3, 0.4) is 0 Å². The molecule has 0 aliphatic heterocycles. The molecule has 0 aliphatic rings. The molecule has 0 atom stereocenters. The Balaban J connectivity index is 2.83. The van der Waals surface area contributed by atoms with Gasteiger partial charge in [0.05, 0.1) is 5.02 Å². The lowest BCUT2D eigenvalue weighted by molar-refractivity contribution is 0.0682. The number of carboxylic acid groups (broad SMARTS) is 1. The van der Waals surface area contributed by atoms with Gasteiger partial charge in [0, 0.05) is 6.20 Å². The van der Waals surface area contributed by atoms with Crippen LogP contribution in [0, 0.1) is 0 Å². The van der Waals surface area contributed by atoms with Crippen molar-refractivity contribution in [2.24, 2.45) is 0 Å². The standard InChI is InChI=1S/C7H4ClN3O2/c8-4-2-1-3-11-5(4)9-10-6(11)7(12)13/h1-3H,(H,12,13). The Morgan fingerprint density at radius 3 is 3.00 bits per heavy atom. The van der Waals surface area contributed by atoms with E-state index >= 15 is 0 Å². The van der Waals surface area contributed by atoms with Crippen molar-refractivity contribution >= 4 is 23.2 Å². The van der Waals surface area contributed by atoms with Crippen LogP contribution >= 0.6 is 11.6 Å². The first-order valence-electron chi connectivity index (χ1n) is 3.42. The predicted octanol–water partition coefficient (Wildman–Crippen LogP) is 1.08. The van der Waals surface area contributed by atoms with Crippen LogP contribution in [0.15, 0.2) is 18.3 Å². The van der Waals surface area contributed by atoms with Crippen molar-refractivity contribution in [3.63, 3.8) is 0 Å². The lowest BCUT2D eigenvalue weighted by Gasteiger charge is -1.94. The smallest absolute Gasteiger partial charge is 0.374 e. The number of aromatic carboxylic acids is 1. The van der Waals surface area contributed by atoms with Gasteiger partial charge in [-0.25, -0.2) is 4.79 Å². The van der Waals surface area contributed by atoms with E-state index in [1.165, 1.54) is 4.40 Å². The number of aromatic nitrogens is 3. The maximum absolute atomic E-state index is 10.6. The maximum atomic E-state index is 10.6. The molecule has 0 saturated carbocycles. The van der Waals surface area contributed by atoms with Gasteiger partial charge >= 0.3 is 5.97 Å². The van der Waals surface area contributed by atoms with E-state index in [0.717, 1.165) is 0 Å². The summed E-state index contributed by atoms with van der Waals surface area (Å²) >= 11 is 5.76. The molecule has 0 saturated heterocycles. The normalized spacial score (nSPS) is 10.5. The van der Waals surface area contributed by atoms with E-state index in [9.17, 15) is 4.79 Å². The zero-order valence-corrected chi connectivity index (χ0v) is 7.06. The van der Waals surface area contributed by atoms with Gasteiger partial charge in [0.25, 0.3) is 0 Å². The molecule has 0 spiro atoms. The summed E-state index contributed by atoms with van der Waals surface area (Å²) in [7, 11) is 0. The van der Waals surface area contributed by atoms with E-state index in [-0.39, 0.29) is 5.82 Å². The average molecular weight is 198 g/mol. The lowest BCUT2D eigenvalue weighted by Crippen LogP contribution is -2.03. The van der Waals surface area contributed by atoms with E-state index in [0.29, 0.717) is 10.7 Å². The fourth-order valence-corrected chi connectivity index (χ4v) is 1.23. The Labute approximate surface area is 77.6 Å². The molecule has 6 heteroatoms. The number of carbonyl (C=O) groups is 1. The molecule has 0 aliphatic carbocycles. The number of pyridine rings is 1. The van der Waals surface area contributed by atoms with Crippen LogP contribution in [-0.2, 0) is 0 Å². The molecule has 0 aromatic carbocycles. The first-order valence-corrected chi connectivity index (χ1v) is 3.80. The van der Waals surface area contributed by atoms with Crippen molar-refractivity contribution in [3.8, 4) is 0 Å². The van der Waals surface area contributed by atoms with Crippen molar-refractivity contribution in [1.29, 1.82) is 0 Å². The minimum atomic E-state index is -1.13. The third kappa shape index (κ3) is 1.13. The fourth-order valence-electron chi connectivity index (χ4n) is 1.03. The summed E-state index contributed by atoms with van der Waals surface area (Å²) in [6, 6.07) is 3.25. The maximum Gasteiger partial charge on any atom is 0.374 e. The number of halogens is 1. The minimum absolute atomic E-state index is 0.141. The number of nitrogens with zero attached hydrogens (tertiary/aromatic N) is 3. The third-order valence-electron chi connectivity index (χ3n) is 1.58. The van der Waals surface area contributed by atoms with Gasteiger partial charge in [-0.2, -0.15) is 0 Å². The Bertz CT molecular complexity index is 480. The molecule has 5 nitrogen and oxygen atoms in total. The average Bonchev–Trinajstić information content (AvgIpc) is 2.48. The summed E-state index contributed by atoms with van der Waals surface area (Å²) in [4.78, 5) is 10.6. The monoisotopic (exact) mass is 197 g/mol. The van der Waals surface area contributed by atoms with Crippen LogP contribution in [0.25, 0.3) is 5.65 Å². The second-order valence-electron chi connectivity index (χ2n) is 2.38. The van der Waals surface area contributed by atoms with Crippen molar-refractivity contribution in [2.45, 2.75) is 0 Å². The van der Waals surface area contributed by atoms with Crippen molar-refractivity contribution in [1.82, 2.24) is 14.6 Å². The molecule has 2 aromatic heterocycles. The quantitative estimate of drug-likeness (QED) is 0.743. The first kappa shape index (κ1) is 8.00. The highest BCUT2D eigenvalue weighted by Gasteiger charge is 2.13. The number of rotatable bonds is 1. The zero-order valence-electron chi connectivity index (χ0n) is 6.31. The van der Waals surface area contributed by atoms with E-state index in [4.69, 9.17) is 16.7 Å². The molecule has 1 N–H and O–H groups in total. The number of hydrogen-bond acceptors (Lipinski definition) is 3. The van der Waals surface area contributed by atoms with Gasteiger partial charge in [-0.05, 0) is 12.1 Å². The molecule has 0 bridgehead atoms. The highest BCUT2D eigenvalue weighted by molar-refractivity contribution is 6.33. The van der Waals surface area contributed by atoms with Gasteiger partial charge in [0.2, 0.25) is 5.82 Å². The molecule has 66 valence electrons. The van der Waals surface area contributed by atoms with Crippen LogP contribution in [0.1, 0.15) is 10.6 Å². The van der Waals surface area contributed by atoms with Crippen molar-refractivity contribution in [2.75, 3.05) is 0 Å². The Morgan fingerprint density at radius 2 is 2.31 bits per heavy atom.